The Hall–Kier alpha value is -2.84. The average Bonchev–Trinajstić information content (AvgIpc) is 3.20. The summed E-state index contributed by atoms with van der Waals surface area (Å²) >= 11 is 0. The highest BCUT2D eigenvalue weighted by Crippen LogP contribution is 2.30. The summed E-state index contributed by atoms with van der Waals surface area (Å²) in [4.78, 5) is 4.99. The third-order valence-corrected chi connectivity index (χ3v) is 5.99. The molecule has 2 aliphatic rings. The molecule has 0 saturated carbocycles. The highest BCUT2D eigenvalue weighted by molar-refractivity contribution is 5.68. The van der Waals surface area contributed by atoms with Gasteiger partial charge in [-0.1, -0.05) is 72.8 Å². The van der Waals surface area contributed by atoms with Crippen LogP contribution < -0.4 is 4.90 Å². The minimum Gasteiger partial charge on any atom is -0.363 e. The molecule has 2 aliphatic heterocycles. The maximum absolute atomic E-state index is 2.52. The molecule has 2 heteroatoms. The predicted octanol–water partition coefficient (Wildman–Crippen LogP) is 5.50. The number of anilines is 1. The van der Waals surface area contributed by atoms with Crippen LogP contribution in [0.4, 0.5) is 5.69 Å². The van der Waals surface area contributed by atoms with E-state index in [0.717, 1.165) is 39.1 Å². The van der Waals surface area contributed by atoms with Crippen molar-refractivity contribution < 1.29 is 0 Å². The summed E-state index contributed by atoms with van der Waals surface area (Å²) in [6.07, 6.45) is 3.54. The van der Waals surface area contributed by atoms with E-state index in [9.17, 15) is 0 Å². The van der Waals surface area contributed by atoms with Crippen LogP contribution in [0.5, 0.6) is 0 Å². The van der Waals surface area contributed by atoms with Gasteiger partial charge in [-0.25, -0.2) is 0 Å². The second-order valence-corrected chi connectivity index (χ2v) is 7.87. The predicted molar refractivity (Wildman–Crippen MR) is 117 cm³/mol. The van der Waals surface area contributed by atoms with Crippen LogP contribution in [-0.2, 0) is 19.6 Å². The van der Waals surface area contributed by atoms with Gasteiger partial charge in [0.1, 0.15) is 0 Å². The van der Waals surface area contributed by atoms with Gasteiger partial charge in [0.15, 0.2) is 0 Å². The molecule has 0 N–H and O–H groups in total. The quantitative estimate of drug-likeness (QED) is 0.602. The Morgan fingerprint density at radius 3 is 2.04 bits per heavy atom. The van der Waals surface area contributed by atoms with Gasteiger partial charge in [0, 0.05) is 38.4 Å². The number of rotatable bonds is 4. The van der Waals surface area contributed by atoms with Crippen molar-refractivity contribution in [2.24, 2.45) is 0 Å². The first-order valence-electron chi connectivity index (χ1n) is 10.2. The molecule has 0 saturated heterocycles. The van der Waals surface area contributed by atoms with Gasteiger partial charge < -0.3 is 4.90 Å². The summed E-state index contributed by atoms with van der Waals surface area (Å²) in [5, 5.41) is 0. The van der Waals surface area contributed by atoms with E-state index in [1.54, 1.807) is 0 Å². The van der Waals surface area contributed by atoms with Gasteiger partial charge in [-0.3, -0.25) is 4.90 Å². The van der Waals surface area contributed by atoms with Gasteiger partial charge in [-0.2, -0.15) is 0 Å². The van der Waals surface area contributed by atoms with E-state index in [2.05, 4.69) is 94.7 Å². The first kappa shape index (κ1) is 17.3. The molecule has 0 bridgehead atoms. The molecule has 3 aromatic carbocycles. The molecule has 2 nitrogen and oxygen atoms in total. The molecule has 2 heterocycles. The van der Waals surface area contributed by atoms with Gasteiger partial charge in [0.05, 0.1) is 0 Å². The summed E-state index contributed by atoms with van der Waals surface area (Å²) < 4.78 is 0. The van der Waals surface area contributed by atoms with Crippen LogP contribution in [-0.4, -0.2) is 18.0 Å². The summed E-state index contributed by atoms with van der Waals surface area (Å²) in [6.45, 7) is 5.25. The second-order valence-electron chi connectivity index (χ2n) is 7.87. The summed E-state index contributed by atoms with van der Waals surface area (Å²) in [7, 11) is 0. The second kappa shape index (κ2) is 7.65. The Morgan fingerprint density at radius 1 is 0.714 bits per heavy atom. The lowest BCUT2D eigenvalue weighted by Gasteiger charge is -2.27. The Balaban J connectivity index is 1.23. The zero-order chi connectivity index (χ0) is 18.8. The maximum atomic E-state index is 2.52. The standard InChI is InChI=1S/C26H26N2/c1-2-6-21(7-3-1)18-27-16-14-23(15-17-27)22-10-12-26(13-11-22)28-19-24-8-4-5-9-25(24)20-28/h1-14H,15-20H2. The highest BCUT2D eigenvalue weighted by Gasteiger charge is 2.19. The summed E-state index contributed by atoms with van der Waals surface area (Å²) in [6, 6.07) is 28.7. The zero-order valence-corrected chi connectivity index (χ0v) is 16.2. The molecule has 0 unspecified atom stereocenters. The zero-order valence-electron chi connectivity index (χ0n) is 16.2. The van der Waals surface area contributed by atoms with Crippen molar-refractivity contribution in [1.82, 2.24) is 4.90 Å². The number of nitrogens with zero attached hydrogens (tertiary/aromatic N) is 2. The van der Waals surface area contributed by atoms with Gasteiger partial charge in [-0.05, 0) is 46.4 Å². The molecule has 0 fully saturated rings. The summed E-state index contributed by atoms with van der Waals surface area (Å²) in [5.41, 5.74) is 8.50. The smallest absolute Gasteiger partial charge is 0.0436 e. The molecule has 140 valence electrons. The largest absolute Gasteiger partial charge is 0.363 e. The van der Waals surface area contributed by atoms with Crippen molar-refractivity contribution in [3.05, 3.63) is 107 Å². The first-order chi connectivity index (χ1) is 13.8. The van der Waals surface area contributed by atoms with E-state index in [1.807, 2.05) is 0 Å². The van der Waals surface area contributed by atoms with E-state index in [-0.39, 0.29) is 0 Å². The molecule has 28 heavy (non-hydrogen) atoms. The van der Waals surface area contributed by atoms with Gasteiger partial charge in [0.25, 0.3) is 0 Å². The lowest BCUT2D eigenvalue weighted by Crippen LogP contribution is -2.27. The normalized spacial score (nSPS) is 16.7. The fraction of sp³-hybridized carbons (Fsp3) is 0.231. The third-order valence-electron chi connectivity index (χ3n) is 5.99. The Bertz CT molecular complexity index is 948. The van der Waals surface area contributed by atoms with Crippen molar-refractivity contribution in [1.29, 1.82) is 0 Å². The summed E-state index contributed by atoms with van der Waals surface area (Å²) in [5.74, 6) is 0. The van der Waals surface area contributed by atoms with Crippen LogP contribution in [0, 0.1) is 0 Å². The van der Waals surface area contributed by atoms with Crippen LogP contribution in [0.1, 0.15) is 28.7 Å². The average molecular weight is 367 g/mol. The Kier molecular flexibility index (Phi) is 4.72. The molecular weight excluding hydrogens is 340 g/mol. The van der Waals surface area contributed by atoms with E-state index >= 15 is 0 Å². The van der Waals surface area contributed by atoms with Crippen LogP contribution in [0.15, 0.2) is 84.9 Å². The van der Waals surface area contributed by atoms with Crippen LogP contribution in [0.2, 0.25) is 0 Å². The molecule has 0 radical (unpaired) electrons. The van der Waals surface area contributed by atoms with E-state index in [1.165, 1.54) is 33.5 Å². The molecular formula is C26H26N2. The number of hydrogen-bond donors (Lipinski definition) is 0. The van der Waals surface area contributed by atoms with Crippen molar-refractivity contribution in [2.45, 2.75) is 26.1 Å². The molecule has 0 aromatic heterocycles. The van der Waals surface area contributed by atoms with Gasteiger partial charge in [0.2, 0.25) is 0 Å². The fourth-order valence-electron chi connectivity index (χ4n) is 4.36. The van der Waals surface area contributed by atoms with Crippen LogP contribution in [0.3, 0.4) is 0 Å². The van der Waals surface area contributed by atoms with Gasteiger partial charge >= 0.3 is 0 Å². The van der Waals surface area contributed by atoms with Crippen molar-refractivity contribution in [2.75, 3.05) is 18.0 Å². The molecule has 5 rings (SSSR count). The van der Waals surface area contributed by atoms with E-state index in [0.29, 0.717) is 0 Å². The molecule has 0 spiro atoms. The number of fused-ring (bicyclic) bond motifs is 1. The van der Waals surface area contributed by atoms with Crippen LogP contribution >= 0.6 is 0 Å². The molecule has 3 aromatic rings. The van der Waals surface area contributed by atoms with Crippen molar-refractivity contribution >= 4 is 11.3 Å². The van der Waals surface area contributed by atoms with E-state index < -0.39 is 0 Å². The molecule has 0 aliphatic carbocycles. The van der Waals surface area contributed by atoms with Gasteiger partial charge in [-0.15, -0.1) is 0 Å². The van der Waals surface area contributed by atoms with Crippen molar-refractivity contribution in [3.63, 3.8) is 0 Å². The molecule has 0 amide bonds. The maximum Gasteiger partial charge on any atom is 0.0436 e. The van der Waals surface area contributed by atoms with E-state index in [4.69, 9.17) is 0 Å². The highest BCUT2D eigenvalue weighted by atomic mass is 15.1. The Morgan fingerprint density at radius 2 is 1.39 bits per heavy atom. The minimum absolute atomic E-state index is 1.02. The third kappa shape index (κ3) is 3.61. The first-order valence-corrected chi connectivity index (χ1v) is 10.2. The lowest BCUT2D eigenvalue weighted by atomic mass is 9.99. The minimum atomic E-state index is 1.02. The fourth-order valence-corrected chi connectivity index (χ4v) is 4.36. The van der Waals surface area contributed by atoms with Crippen LogP contribution in [0.25, 0.3) is 5.57 Å². The Labute approximate surface area is 167 Å². The SMILES string of the molecule is C1=C(c2ccc(N3Cc4ccccc4C3)cc2)CCN(Cc2ccccc2)C1. The lowest BCUT2D eigenvalue weighted by molar-refractivity contribution is 0.294. The van der Waals surface area contributed by atoms with Crippen molar-refractivity contribution in [3.8, 4) is 0 Å². The monoisotopic (exact) mass is 366 g/mol. The number of hydrogen-bond acceptors (Lipinski definition) is 2. The number of benzene rings is 3. The topological polar surface area (TPSA) is 6.48 Å². The molecule has 0 atom stereocenters.